The predicted molar refractivity (Wildman–Crippen MR) is 104 cm³/mol. The second-order valence-corrected chi connectivity index (χ2v) is 6.92. The number of thiophene rings is 1. The number of carbonyl (C=O) groups is 2. The molecule has 1 N–H and O–H groups in total. The van der Waals surface area contributed by atoms with Crippen LogP contribution in [-0.4, -0.2) is 30.4 Å². The Morgan fingerprint density at radius 2 is 1.93 bits per heavy atom. The van der Waals surface area contributed by atoms with Gasteiger partial charge in [-0.15, -0.1) is 11.3 Å². The van der Waals surface area contributed by atoms with E-state index in [2.05, 4.69) is 5.32 Å². The van der Waals surface area contributed by atoms with Gasteiger partial charge in [-0.3, -0.25) is 9.59 Å². The highest BCUT2D eigenvalue weighted by Gasteiger charge is 2.16. The van der Waals surface area contributed by atoms with Crippen LogP contribution in [0.1, 0.15) is 32.7 Å². The average molecular weight is 384 g/mol. The molecule has 140 valence electrons. The lowest BCUT2D eigenvalue weighted by Gasteiger charge is -2.16. The summed E-state index contributed by atoms with van der Waals surface area (Å²) < 4.78 is 10.5. The van der Waals surface area contributed by atoms with Crippen LogP contribution in [0.5, 0.6) is 5.75 Å². The molecule has 0 bridgehead atoms. The third kappa shape index (κ3) is 4.77. The van der Waals surface area contributed by atoms with Gasteiger partial charge in [-0.1, -0.05) is 12.1 Å². The zero-order valence-corrected chi connectivity index (χ0v) is 15.9. The Balaban J connectivity index is 1.60. The Labute approximate surface area is 161 Å². The number of hydrogen-bond donors (Lipinski definition) is 1. The van der Waals surface area contributed by atoms with Crippen molar-refractivity contribution in [3.05, 3.63) is 71.0 Å². The van der Waals surface area contributed by atoms with E-state index >= 15 is 0 Å². The molecule has 2 amide bonds. The zero-order chi connectivity index (χ0) is 19.2. The minimum atomic E-state index is -0.344. The molecule has 2 heterocycles. The van der Waals surface area contributed by atoms with Gasteiger partial charge in [-0.05, 0) is 48.9 Å². The molecule has 3 rings (SSSR count). The maximum Gasteiger partial charge on any atom is 0.291 e. The molecule has 0 saturated carbocycles. The van der Waals surface area contributed by atoms with Crippen molar-refractivity contribution in [3.8, 4) is 5.75 Å². The summed E-state index contributed by atoms with van der Waals surface area (Å²) in [6.07, 6.45) is 1.44. The van der Waals surface area contributed by atoms with Gasteiger partial charge in [0, 0.05) is 13.6 Å². The van der Waals surface area contributed by atoms with Crippen LogP contribution in [0.2, 0.25) is 0 Å². The monoisotopic (exact) mass is 384 g/mol. The van der Waals surface area contributed by atoms with E-state index in [4.69, 9.17) is 9.15 Å². The molecule has 0 radical (unpaired) electrons. The number of hydrogen-bond acceptors (Lipinski definition) is 5. The number of carbonyl (C=O) groups excluding carboxylic acids is 2. The van der Waals surface area contributed by atoms with Crippen molar-refractivity contribution in [2.24, 2.45) is 0 Å². The van der Waals surface area contributed by atoms with E-state index in [0.29, 0.717) is 23.0 Å². The second kappa shape index (κ2) is 8.55. The molecule has 7 heteroatoms. The standard InChI is InChI=1S/C20H20N2O4S/c1-3-25-15-8-6-14(7-9-15)13-22(2)20(24)17-10-11-18(27-17)21-19(23)16-5-4-12-26-16/h4-12H,3,13H2,1-2H3,(H,21,23). The normalized spacial score (nSPS) is 10.4. The van der Waals surface area contributed by atoms with Crippen molar-refractivity contribution in [1.82, 2.24) is 4.90 Å². The fourth-order valence-corrected chi connectivity index (χ4v) is 3.39. The van der Waals surface area contributed by atoms with Gasteiger partial charge in [-0.2, -0.15) is 0 Å². The molecular formula is C20H20N2O4S. The number of nitrogens with one attached hydrogen (secondary N) is 1. The van der Waals surface area contributed by atoms with Crippen LogP contribution in [0.3, 0.4) is 0 Å². The van der Waals surface area contributed by atoms with Crippen molar-refractivity contribution < 1.29 is 18.7 Å². The highest BCUT2D eigenvalue weighted by molar-refractivity contribution is 7.18. The van der Waals surface area contributed by atoms with E-state index in [9.17, 15) is 9.59 Å². The van der Waals surface area contributed by atoms with Gasteiger partial charge in [0.25, 0.3) is 11.8 Å². The van der Waals surface area contributed by atoms with E-state index in [1.807, 2.05) is 31.2 Å². The van der Waals surface area contributed by atoms with Crippen molar-refractivity contribution in [3.63, 3.8) is 0 Å². The molecule has 6 nitrogen and oxygen atoms in total. The third-order valence-corrected chi connectivity index (χ3v) is 4.79. The Kier molecular flexibility index (Phi) is 5.93. The summed E-state index contributed by atoms with van der Waals surface area (Å²) in [5.41, 5.74) is 1.01. The fraction of sp³-hybridized carbons (Fsp3) is 0.200. The molecule has 0 atom stereocenters. The number of anilines is 1. The molecule has 0 spiro atoms. The summed E-state index contributed by atoms with van der Waals surface area (Å²) in [6, 6.07) is 14.3. The highest BCUT2D eigenvalue weighted by atomic mass is 32.1. The first-order chi connectivity index (χ1) is 13.1. The minimum Gasteiger partial charge on any atom is -0.494 e. The molecule has 1 aromatic carbocycles. The number of ether oxygens (including phenoxy) is 1. The minimum absolute atomic E-state index is 0.104. The van der Waals surface area contributed by atoms with Crippen molar-refractivity contribution in [2.45, 2.75) is 13.5 Å². The molecule has 0 aliphatic carbocycles. The van der Waals surface area contributed by atoms with Crippen LogP contribution >= 0.6 is 11.3 Å². The first-order valence-corrected chi connectivity index (χ1v) is 9.30. The van der Waals surface area contributed by atoms with Crippen molar-refractivity contribution in [2.75, 3.05) is 19.0 Å². The van der Waals surface area contributed by atoms with Gasteiger partial charge in [0.1, 0.15) is 5.75 Å². The summed E-state index contributed by atoms with van der Waals surface area (Å²) in [4.78, 5) is 26.8. The summed E-state index contributed by atoms with van der Waals surface area (Å²) >= 11 is 1.23. The predicted octanol–water partition coefficient (Wildman–Crippen LogP) is 4.26. The topological polar surface area (TPSA) is 71.8 Å². The van der Waals surface area contributed by atoms with Gasteiger partial charge in [0.15, 0.2) is 5.76 Å². The number of amides is 2. The SMILES string of the molecule is CCOc1ccc(CN(C)C(=O)c2ccc(NC(=O)c3ccco3)s2)cc1. The van der Waals surface area contributed by atoms with Crippen LogP contribution in [-0.2, 0) is 6.54 Å². The largest absolute Gasteiger partial charge is 0.494 e. The van der Waals surface area contributed by atoms with Gasteiger partial charge >= 0.3 is 0 Å². The van der Waals surface area contributed by atoms with Crippen LogP contribution in [0.4, 0.5) is 5.00 Å². The third-order valence-electron chi connectivity index (χ3n) is 3.80. The van der Waals surface area contributed by atoms with E-state index < -0.39 is 0 Å². The molecule has 2 aromatic heterocycles. The first kappa shape index (κ1) is 18.7. The van der Waals surface area contributed by atoms with Crippen LogP contribution < -0.4 is 10.1 Å². The van der Waals surface area contributed by atoms with E-state index in [1.165, 1.54) is 17.6 Å². The Hall–Kier alpha value is -3.06. The number of benzene rings is 1. The van der Waals surface area contributed by atoms with E-state index in [1.54, 1.807) is 36.2 Å². The van der Waals surface area contributed by atoms with E-state index in [-0.39, 0.29) is 17.6 Å². The summed E-state index contributed by atoms with van der Waals surface area (Å²) in [5.74, 6) is 0.588. The van der Waals surface area contributed by atoms with Crippen LogP contribution in [0.15, 0.2) is 59.2 Å². The number of rotatable bonds is 7. The quantitative estimate of drug-likeness (QED) is 0.660. The number of furan rings is 1. The van der Waals surface area contributed by atoms with Gasteiger partial charge in [0.2, 0.25) is 0 Å². The summed E-state index contributed by atoms with van der Waals surface area (Å²) in [5, 5.41) is 3.32. The Morgan fingerprint density at radius 3 is 2.59 bits per heavy atom. The Bertz CT molecular complexity index is 900. The zero-order valence-electron chi connectivity index (χ0n) is 15.1. The van der Waals surface area contributed by atoms with Crippen molar-refractivity contribution >= 4 is 28.2 Å². The lowest BCUT2D eigenvalue weighted by Crippen LogP contribution is -2.25. The molecule has 0 fully saturated rings. The molecule has 0 saturated heterocycles. The van der Waals surface area contributed by atoms with Crippen molar-refractivity contribution in [1.29, 1.82) is 0 Å². The van der Waals surface area contributed by atoms with Gasteiger partial charge in [0.05, 0.1) is 22.7 Å². The van der Waals surface area contributed by atoms with Gasteiger partial charge in [-0.25, -0.2) is 0 Å². The average Bonchev–Trinajstić information content (AvgIpc) is 3.35. The lowest BCUT2D eigenvalue weighted by molar-refractivity contribution is 0.0789. The molecule has 0 unspecified atom stereocenters. The van der Waals surface area contributed by atoms with E-state index in [0.717, 1.165) is 11.3 Å². The molecular weight excluding hydrogens is 364 g/mol. The molecule has 3 aromatic rings. The smallest absolute Gasteiger partial charge is 0.291 e. The van der Waals surface area contributed by atoms with Gasteiger partial charge < -0.3 is 19.4 Å². The fourth-order valence-electron chi connectivity index (χ4n) is 2.49. The molecule has 27 heavy (non-hydrogen) atoms. The Morgan fingerprint density at radius 1 is 1.15 bits per heavy atom. The summed E-state index contributed by atoms with van der Waals surface area (Å²) in [6.45, 7) is 3.04. The first-order valence-electron chi connectivity index (χ1n) is 8.48. The maximum absolute atomic E-state index is 12.6. The maximum atomic E-state index is 12.6. The number of nitrogens with zero attached hydrogens (tertiary/aromatic N) is 1. The summed E-state index contributed by atoms with van der Waals surface area (Å²) in [7, 11) is 1.75. The lowest BCUT2D eigenvalue weighted by atomic mass is 10.2. The second-order valence-electron chi connectivity index (χ2n) is 5.83. The molecule has 0 aliphatic heterocycles. The molecule has 0 aliphatic rings. The van der Waals surface area contributed by atoms with Crippen LogP contribution in [0, 0.1) is 0 Å². The highest BCUT2D eigenvalue weighted by Crippen LogP contribution is 2.24. The van der Waals surface area contributed by atoms with Crippen LogP contribution in [0.25, 0.3) is 0 Å².